The van der Waals surface area contributed by atoms with E-state index in [1.165, 1.54) is 141 Å². The Morgan fingerprint density at radius 3 is 0.797 bits per heavy atom. The van der Waals surface area contributed by atoms with Gasteiger partial charge in [-0.05, 0) is 103 Å². The predicted octanol–water partition coefficient (Wildman–Crippen LogP) is 23.0. The highest BCUT2D eigenvalue weighted by molar-refractivity contribution is 5.71. The molecule has 6 nitrogen and oxygen atoms in total. The minimum atomic E-state index is -0.808. The van der Waals surface area contributed by atoms with Crippen LogP contribution in [0.15, 0.2) is 109 Å². The minimum absolute atomic E-state index is 0.0983. The van der Waals surface area contributed by atoms with Crippen LogP contribution in [-0.4, -0.2) is 37.2 Å². The molecule has 0 aromatic heterocycles. The molecular formula is C73H124O6. The third-order valence-corrected chi connectivity index (χ3v) is 14.3. The molecule has 0 aromatic carbocycles. The maximum Gasteiger partial charge on any atom is 0.306 e. The van der Waals surface area contributed by atoms with Crippen LogP contribution in [-0.2, 0) is 28.6 Å². The van der Waals surface area contributed by atoms with Crippen molar-refractivity contribution in [2.75, 3.05) is 13.2 Å². The molecule has 452 valence electrons. The first kappa shape index (κ1) is 75.1. The average Bonchev–Trinajstić information content (AvgIpc) is 3.45. The minimum Gasteiger partial charge on any atom is -0.462 e. The van der Waals surface area contributed by atoms with Gasteiger partial charge in [-0.15, -0.1) is 0 Å². The van der Waals surface area contributed by atoms with Gasteiger partial charge in [-0.1, -0.05) is 304 Å². The predicted molar refractivity (Wildman–Crippen MR) is 343 cm³/mol. The smallest absolute Gasteiger partial charge is 0.306 e. The molecule has 0 spiro atoms. The summed E-state index contributed by atoms with van der Waals surface area (Å²) in [6.07, 6.45) is 91.1. The Morgan fingerprint density at radius 1 is 0.266 bits per heavy atom. The molecule has 0 aliphatic rings. The van der Waals surface area contributed by atoms with Crippen molar-refractivity contribution in [3.05, 3.63) is 109 Å². The molecular weight excluding hydrogens is 973 g/mol. The molecule has 6 heteroatoms. The highest BCUT2D eigenvalue weighted by atomic mass is 16.6. The monoisotopic (exact) mass is 1100 g/mol. The zero-order valence-corrected chi connectivity index (χ0v) is 51.9. The summed E-state index contributed by atoms with van der Waals surface area (Å²) in [5.74, 6) is -0.951. The van der Waals surface area contributed by atoms with E-state index < -0.39 is 6.10 Å². The second-order valence-corrected chi connectivity index (χ2v) is 22.0. The largest absolute Gasteiger partial charge is 0.462 e. The number of allylic oxidation sites excluding steroid dienone is 18. The van der Waals surface area contributed by atoms with E-state index in [2.05, 4.69) is 130 Å². The van der Waals surface area contributed by atoms with Crippen LogP contribution >= 0.6 is 0 Å². The molecule has 0 saturated carbocycles. The second-order valence-electron chi connectivity index (χ2n) is 22.0. The fraction of sp³-hybridized carbons (Fsp3) is 0.712. The van der Waals surface area contributed by atoms with Crippen molar-refractivity contribution in [1.82, 2.24) is 0 Å². The van der Waals surface area contributed by atoms with Gasteiger partial charge in [0.2, 0.25) is 0 Å². The van der Waals surface area contributed by atoms with Crippen molar-refractivity contribution >= 4 is 17.9 Å². The second kappa shape index (κ2) is 66.6. The van der Waals surface area contributed by atoms with Crippen LogP contribution in [0.3, 0.4) is 0 Å². The van der Waals surface area contributed by atoms with E-state index in [0.717, 1.165) is 135 Å². The van der Waals surface area contributed by atoms with Crippen molar-refractivity contribution in [2.45, 2.75) is 322 Å². The first-order valence-corrected chi connectivity index (χ1v) is 33.4. The van der Waals surface area contributed by atoms with Crippen molar-refractivity contribution in [3.8, 4) is 0 Å². The van der Waals surface area contributed by atoms with Crippen LogP contribution in [0.4, 0.5) is 0 Å². The Kier molecular flexibility index (Phi) is 63.3. The first-order valence-electron chi connectivity index (χ1n) is 33.4. The summed E-state index contributed by atoms with van der Waals surface area (Å²) in [4.78, 5) is 38.4. The number of carbonyl (C=O) groups is 3. The molecule has 1 unspecified atom stereocenters. The summed E-state index contributed by atoms with van der Waals surface area (Å²) in [7, 11) is 0. The van der Waals surface area contributed by atoms with Crippen LogP contribution in [0.25, 0.3) is 0 Å². The Labute approximate surface area is 489 Å². The number of rotatable bonds is 60. The molecule has 0 radical (unpaired) electrons. The lowest BCUT2D eigenvalue weighted by atomic mass is 10.0. The number of ether oxygens (including phenoxy) is 3. The highest BCUT2D eigenvalue weighted by Gasteiger charge is 2.19. The van der Waals surface area contributed by atoms with Gasteiger partial charge >= 0.3 is 17.9 Å². The van der Waals surface area contributed by atoms with Gasteiger partial charge in [0.25, 0.3) is 0 Å². The third-order valence-electron chi connectivity index (χ3n) is 14.3. The number of hydrogen-bond donors (Lipinski definition) is 0. The van der Waals surface area contributed by atoms with Gasteiger partial charge in [0, 0.05) is 19.3 Å². The van der Waals surface area contributed by atoms with E-state index in [1.54, 1.807) is 0 Å². The van der Waals surface area contributed by atoms with Crippen LogP contribution in [0.1, 0.15) is 316 Å². The number of esters is 3. The molecule has 0 aliphatic heterocycles. The zero-order valence-electron chi connectivity index (χ0n) is 51.9. The SMILES string of the molecule is CC/C=C\C/C=C\C/C=C\C/C=C\C/C=C\CCCCCCCC(=O)OC(COC(=O)CCCC/C=C\C/C=C\C/C=C\C/C=C\CC)COC(=O)CCCCCCCCCCCCCCCCCCCCCCCCCCC. The van der Waals surface area contributed by atoms with E-state index in [4.69, 9.17) is 14.2 Å². The summed E-state index contributed by atoms with van der Waals surface area (Å²) in [5.41, 5.74) is 0. The molecule has 0 saturated heterocycles. The zero-order chi connectivity index (χ0) is 57.1. The van der Waals surface area contributed by atoms with E-state index >= 15 is 0 Å². The standard InChI is InChI=1S/C73H124O6/c1-4-7-10-13-16-19-22-25-28-30-32-34-35-36-37-39-40-42-45-48-51-54-57-60-63-66-72(75)78-69-70(68-77-71(74)65-62-59-56-53-50-47-44-27-24-21-18-15-12-9-6-3)79-73(76)67-64-61-58-55-52-49-46-43-41-38-33-31-29-26-23-20-17-14-11-8-5-2/h8-9,11-12,17-18,20-21,26-27,29,33,38,43-44,46,50,53,70H,4-7,10,13-16,19,22-25,28,30-32,34-37,39-42,45,47-49,51-52,54-69H2,1-3H3/b11-8-,12-9-,20-17-,21-18-,29-26-,38-33-,44-27-,46-43-,53-50-. The molecule has 0 aromatic rings. The van der Waals surface area contributed by atoms with E-state index in [1.807, 2.05) is 0 Å². The molecule has 0 aliphatic carbocycles. The molecule has 0 rings (SSSR count). The first-order chi connectivity index (χ1) is 39.0. The summed E-state index contributed by atoms with van der Waals surface area (Å²) in [6.45, 7) is 6.39. The topological polar surface area (TPSA) is 78.9 Å². The molecule has 1 atom stereocenters. The van der Waals surface area contributed by atoms with Crippen LogP contribution in [0.5, 0.6) is 0 Å². The van der Waals surface area contributed by atoms with Crippen molar-refractivity contribution in [1.29, 1.82) is 0 Å². The Bertz CT molecular complexity index is 1590. The molecule has 0 fully saturated rings. The van der Waals surface area contributed by atoms with E-state index in [-0.39, 0.29) is 31.1 Å². The van der Waals surface area contributed by atoms with Crippen molar-refractivity contribution in [2.24, 2.45) is 0 Å². The lowest BCUT2D eigenvalue weighted by Gasteiger charge is -2.18. The number of hydrogen-bond acceptors (Lipinski definition) is 6. The van der Waals surface area contributed by atoms with Gasteiger partial charge in [-0.25, -0.2) is 0 Å². The molecule has 0 N–H and O–H groups in total. The maximum atomic E-state index is 12.9. The Morgan fingerprint density at radius 2 is 0.494 bits per heavy atom. The van der Waals surface area contributed by atoms with Crippen LogP contribution in [0.2, 0.25) is 0 Å². The average molecular weight is 1100 g/mol. The molecule has 0 heterocycles. The number of unbranched alkanes of at least 4 members (excludes halogenated alkanes) is 31. The quantitative estimate of drug-likeness (QED) is 0.0261. The van der Waals surface area contributed by atoms with Crippen LogP contribution < -0.4 is 0 Å². The van der Waals surface area contributed by atoms with E-state index in [9.17, 15) is 14.4 Å². The van der Waals surface area contributed by atoms with Crippen LogP contribution in [0, 0.1) is 0 Å². The van der Waals surface area contributed by atoms with Gasteiger partial charge in [-0.3, -0.25) is 14.4 Å². The summed E-state index contributed by atoms with van der Waals surface area (Å²) in [6, 6.07) is 0. The molecule has 79 heavy (non-hydrogen) atoms. The van der Waals surface area contributed by atoms with Gasteiger partial charge in [-0.2, -0.15) is 0 Å². The Hall–Kier alpha value is -3.93. The van der Waals surface area contributed by atoms with Gasteiger partial charge in [0.15, 0.2) is 6.10 Å². The van der Waals surface area contributed by atoms with Crippen molar-refractivity contribution in [3.63, 3.8) is 0 Å². The summed E-state index contributed by atoms with van der Waals surface area (Å²) < 4.78 is 16.9. The highest BCUT2D eigenvalue weighted by Crippen LogP contribution is 2.17. The van der Waals surface area contributed by atoms with Crippen molar-refractivity contribution < 1.29 is 28.6 Å². The lowest BCUT2D eigenvalue weighted by molar-refractivity contribution is -0.167. The van der Waals surface area contributed by atoms with E-state index in [0.29, 0.717) is 19.3 Å². The molecule has 0 bridgehead atoms. The Balaban J connectivity index is 4.38. The summed E-state index contributed by atoms with van der Waals surface area (Å²) >= 11 is 0. The lowest BCUT2D eigenvalue weighted by Crippen LogP contribution is -2.30. The summed E-state index contributed by atoms with van der Waals surface area (Å²) in [5, 5.41) is 0. The van der Waals surface area contributed by atoms with Gasteiger partial charge in [0.05, 0.1) is 0 Å². The maximum absolute atomic E-state index is 12.9. The normalized spacial score (nSPS) is 12.8. The fourth-order valence-electron chi connectivity index (χ4n) is 9.35. The third kappa shape index (κ3) is 64.8. The van der Waals surface area contributed by atoms with Gasteiger partial charge < -0.3 is 14.2 Å². The fourth-order valence-corrected chi connectivity index (χ4v) is 9.35. The number of carbonyl (C=O) groups excluding carboxylic acids is 3. The van der Waals surface area contributed by atoms with Gasteiger partial charge in [0.1, 0.15) is 13.2 Å². The molecule has 0 amide bonds.